The summed E-state index contributed by atoms with van der Waals surface area (Å²) < 4.78 is 47.9. The Balaban J connectivity index is -0.000000710. The molecule has 38 heavy (non-hydrogen) atoms. The van der Waals surface area contributed by atoms with Gasteiger partial charge in [0.2, 0.25) is 10.0 Å². The van der Waals surface area contributed by atoms with Crippen LogP contribution in [0.25, 0.3) is 0 Å². The normalized spacial score (nSPS) is 15.2. The molecule has 0 aromatic rings. The number of aliphatic hydroxyl groups excluding tert-OH is 2. The lowest BCUT2D eigenvalue weighted by atomic mass is 9.90. The number of nitrogens with zero attached hydrogens (tertiary/aromatic N) is 3. The molecule has 0 saturated carbocycles. The molecule has 14 heteroatoms. The fraction of sp³-hybridized carbons (Fsp3) is 1.00. The highest BCUT2D eigenvalue weighted by atomic mass is 32.2. The summed E-state index contributed by atoms with van der Waals surface area (Å²) in [6.45, 7) is 14.3. The minimum Gasteiger partial charge on any atom is -0.790 e. The second kappa shape index (κ2) is 16.9. The molecule has 0 amide bonds. The molecule has 0 aliphatic rings. The predicted molar refractivity (Wildman–Crippen MR) is 149 cm³/mol. The first-order valence-corrected chi connectivity index (χ1v) is 15.9. The zero-order valence-corrected chi connectivity index (χ0v) is 28.1. The molecule has 0 heterocycles. The monoisotopic (exact) mass is 595 g/mol. The zero-order valence-electron chi connectivity index (χ0n) is 26.3. The molecule has 0 fully saturated rings. The first-order chi connectivity index (χ1) is 16.5. The maximum atomic E-state index is 12.0. The van der Waals surface area contributed by atoms with Crippen LogP contribution in [0.1, 0.15) is 48.5 Å². The molecule has 0 unspecified atom stereocenters. The Morgan fingerprint density at radius 1 is 0.895 bits per heavy atom. The maximum absolute atomic E-state index is 12.0. The van der Waals surface area contributed by atoms with Gasteiger partial charge in [-0.05, 0) is 33.1 Å². The van der Waals surface area contributed by atoms with E-state index in [4.69, 9.17) is 14.9 Å². The molecule has 0 radical (unpaired) electrons. The predicted octanol–water partition coefficient (Wildman–Crippen LogP) is 0.0814. The van der Waals surface area contributed by atoms with Gasteiger partial charge in [-0.2, -0.15) is 4.31 Å². The molecule has 0 aliphatic heterocycles. The number of hydrogen-bond acceptors (Lipinski definition) is 9. The number of likely N-dealkylation sites (N-methyl/N-ethyl adjacent to an activating group) is 2. The van der Waals surface area contributed by atoms with Gasteiger partial charge in [-0.1, -0.05) is 20.8 Å². The SMILES string of the molecule is C[C@H](O[C@H](COP(=O)([O-])[O-])CN(C(C)(C)C)S(C)(=O)=O)C(C)(C)C.C[N+](C)(C)CCO.C[N+](C)(C)CCO. The lowest BCUT2D eigenvalue weighted by Gasteiger charge is -2.39. The van der Waals surface area contributed by atoms with Crippen LogP contribution in [0.4, 0.5) is 0 Å². The summed E-state index contributed by atoms with van der Waals surface area (Å²) in [4.78, 5) is 21.5. The number of ether oxygens (including phenoxy) is 1. The Hall–Kier alpha value is -0.180. The van der Waals surface area contributed by atoms with Crippen LogP contribution in [-0.2, 0) is 23.8 Å². The highest BCUT2D eigenvalue weighted by Crippen LogP contribution is 2.28. The number of sulfonamides is 1. The average molecular weight is 596 g/mol. The molecule has 0 saturated heterocycles. The molecule has 0 aromatic heterocycles. The average Bonchev–Trinajstić information content (AvgIpc) is 2.59. The number of aliphatic hydroxyl groups is 2. The van der Waals surface area contributed by atoms with Gasteiger partial charge in [0, 0.05) is 12.1 Å². The van der Waals surface area contributed by atoms with Crippen molar-refractivity contribution in [1.29, 1.82) is 0 Å². The van der Waals surface area contributed by atoms with Crippen LogP contribution in [-0.4, -0.2) is 138 Å². The van der Waals surface area contributed by atoms with Crippen LogP contribution in [0.2, 0.25) is 0 Å². The summed E-state index contributed by atoms with van der Waals surface area (Å²) in [5, 5.41) is 16.8. The summed E-state index contributed by atoms with van der Waals surface area (Å²) in [5.74, 6) is 0. The van der Waals surface area contributed by atoms with Gasteiger partial charge >= 0.3 is 0 Å². The van der Waals surface area contributed by atoms with E-state index in [0.717, 1.165) is 28.3 Å². The van der Waals surface area contributed by atoms with Crippen LogP contribution >= 0.6 is 7.82 Å². The highest BCUT2D eigenvalue weighted by Gasteiger charge is 2.34. The van der Waals surface area contributed by atoms with Crippen LogP contribution < -0.4 is 9.79 Å². The topological polar surface area (TPSA) is 159 Å². The van der Waals surface area contributed by atoms with E-state index in [2.05, 4.69) is 46.8 Å². The van der Waals surface area contributed by atoms with Crippen molar-refractivity contribution in [2.24, 2.45) is 5.41 Å². The van der Waals surface area contributed by atoms with E-state index in [1.165, 1.54) is 4.31 Å². The minimum absolute atomic E-state index is 0.122. The van der Waals surface area contributed by atoms with Gasteiger partial charge in [-0.15, -0.1) is 0 Å². The van der Waals surface area contributed by atoms with Gasteiger partial charge in [0.1, 0.15) is 13.1 Å². The van der Waals surface area contributed by atoms with Gasteiger partial charge in [0.25, 0.3) is 0 Å². The van der Waals surface area contributed by atoms with E-state index in [0.29, 0.717) is 0 Å². The quantitative estimate of drug-likeness (QED) is 0.235. The first kappa shape index (κ1) is 42.3. The zero-order chi connectivity index (χ0) is 31.4. The first-order valence-electron chi connectivity index (χ1n) is 12.6. The van der Waals surface area contributed by atoms with E-state index in [1.807, 2.05) is 20.8 Å². The summed E-state index contributed by atoms with van der Waals surface area (Å²) in [6, 6.07) is 0. The van der Waals surface area contributed by atoms with Crippen LogP contribution in [0, 0.1) is 5.41 Å². The Morgan fingerprint density at radius 2 is 1.26 bits per heavy atom. The maximum Gasteiger partial charge on any atom is 0.211 e. The fourth-order valence-electron chi connectivity index (χ4n) is 2.49. The standard InChI is InChI=1S/C14H32NO7PS.2C5H14NO/c1-11(13(2,3)4)22-12(10-21-23(16,17)18)9-15(14(5,6)7)24(8,19)20;2*1-6(2,3)4-5-7/h11-12H,9-10H2,1-8H3,(H2,16,17,18);2*7H,4-5H2,1-3H3/q;2*+1/p-2/t11-,12-;;/m0../s1. The Morgan fingerprint density at radius 3 is 1.45 bits per heavy atom. The lowest BCUT2D eigenvalue weighted by molar-refractivity contribution is -0.870. The van der Waals surface area contributed by atoms with Gasteiger partial charge in [0.15, 0.2) is 0 Å². The van der Waals surface area contributed by atoms with E-state index < -0.39 is 36.1 Å². The van der Waals surface area contributed by atoms with Crippen molar-refractivity contribution in [1.82, 2.24) is 4.31 Å². The van der Waals surface area contributed by atoms with Crippen molar-refractivity contribution >= 4 is 17.8 Å². The lowest BCUT2D eigenvalue weighted by Crippen LogP contribution is -2.51. The minimum atomic E-state index is -5.18. The van der Waals surface area contributed by atoms with E-state index >= 15 is 0 Å². The van der Waals surface area contributed by atoms with E-state index in [9.17, 15) is 22.8 Å². The van der Waals surface area contributed by atoms with Crippen molar-refractivity contribution in [3.05, 3.63) is 0 Å². The van der Waals surface area contributed by atoms with E-state index in [1.54, 1.807) is 27.7 Å². The Bertz CT molecular complexity index is 762. The molecular weight excluding hydrogens is 537 g/mol. The third kappa shape index (κ3) is 27.4. The number of phosphoric acid groups is 1. The van der Waals surface area contributed by atoms with Crippen LogP contribution in [0.3, 0.4) is 0 Å². The molecular formula is C24H58N3O9PS. The number of rotatable bonds is 12. The third-order valence-corrected chi connectivity index (χ3v) is 7.06. The molecule has 0 spiro atoms. The van der Waals surface area contributed by atoms with Crippen LogP contribution in [0.15, 0.2) is 0 Å². The smallest absolute Gasteiger partial charge is 0.211 e. The number of phosphoric ester groups is 1. The van der Waals surface area contributed by atoms with Gasteiger partial charge < -0.3 is 42.8 Å². The Labute approximate surface area is 233 Å². The highest BCUT2D eigenvalue weighted by molar-refractivity contribution is 7.88. The molecule has 0 aromatic carbocycles. The summed E-state index contributed by atoms with van der Waals surface area (Å²) in [5.41, 5.74) is -0.993. The molecule has 234 valence electrons. The molecule has 0 bridgehead atoms. The molecule has 0 rings (SSSR count). The van der Waals surface area contributed by atoms with Gasteiger partial charge in [0.05, 0.1) is 88.4 Å². The fourth-order valence-corrected chi connectivity index (χ4v) is 4.27. The largest absolute Gasteiger partial charge is 0.790 e. The second-order valence-electron chi connectivity index (χ2n) is 13.4. The molecule has 12 nitrogen and oxygen atoms in total. The third-order valence-electron chi connectivity index (χ3n) is 5.09. The van der Waals surface area contributed by atoms with Crippen LogP contribution in [0.5, 0.6) is 0 Å². The molecule has 2 atom stereocenters. The van der Waals surface area contributed by atoms with Gasteiger partial charge in [-0.25, -0.2) is 8.42 Å². The van der Waals surface area contributed by atoms with Crippen molar-refractivity contribution in [3.8, 4) is 0 Å². The van der Waals surface area contributed by atoms with Crippen molar-refractivity contribution < 1.29 is 51.2 Å². The van der Waals surface area contributed by atoms with Crippen molar-refractivity contribution in [2.75, 3.05) is 88.0 Å². The molecule has 2 N–H and O–H groups in total. The summed E-state index contributed by atoms with van der Waals surface area (Å²) in [6.07, 6.45) is -0.148. The number of quaternary nitrogens is 2. The van der Waals surface area contributed by atoms with E-state index in [-0.39, 0.29) is 31.3 Å². The second-order valence-corrected chi connectivity index (χ2v) is 16.5. The van der Waals surface area contributed by atoms with Crippen molar-refractivity contribution in [2.45, 2.75) is 66.2 Å². The Kier molecular flexibility index (Phi) is 18.8. The van der Waals surface area contributed by atoms with Crippen molar-refractivity contribution in [3.63, 3.8) is 0 Å². The molecule has 0 aliphatic carbocycles. The number of hydrogen-bond donors (Lipinski definition) is 2. The van der Waals surface area contributed by atoms with Gasteiger partial charge in [-0.3, -0.25) is 0 Å². The summed E-state index contributed by atoms with van der Waals surface area (Å²) >= 11 is 0. The summed E-state index contributed by atoms with van der Waals surface area (Å²) in [7, 11) is 3.56.